The molecule has 2 aliphatic rings. The summed E-state index contributed by atoms with van der Waals surface area (Å²) in [5.41, 5.74) is 3.39. The largest absolute Gasteiger partial charge is 0.337 e. The minimum Gasteiger partial charge on any atom is -0.337 e. The predicted molar refractivity (Wildman–Crippen MR) is 156 cm³/mol. The van der Waals surface area contributed by atoms with E-state index < -0.39 is 22.0 Å². The average Bonchev–Trinajstić information content (AvgIpc) is 3.54. The number of aryl methyl sites for hydroxylation is 2. The molecule has 42 heavy (non-hydrogen) atoms. The summed E-state index contributed by atoms with van der Waals surface area (Å²) in [5, 5.41) is 0. The van der Waals surface area contributed by atoms with Crippen molar-refractivity contribution in [3.63, 3.8) is 0 Å². The van der Waals surface area contributed by atoms with Crippen molar-refractivity contribution in [2.75, 3.05) is 4.90 Å². The molecule has 1 aromatic heterocycles. The van der Waals surface area contributed by atoms with E-state index in [2.05, 4.69) is 21.8 Å². The minimum atomic E-state index is -3.97. The van der Waals surface area contributed by atoms with Gasteiger partial charge < -0.3 is 9.47 Å². The second-order valence-electron chi connectivity index (χ2n) is 11.2. The maximum absolute atomic E-state index is 13.9. The van der Waals surface area contributed by atoms with Crippen LogP contribution < -0.4 is 9.62 Å². The zero-order valence-corrected chi connectivity index (χ0v) is 24.2. The van der Waals surface area contributed by atoms with Crippen molar-refractivity contribution in [3.05, 3.63) is 113 Å². The van der Waals surface area contributed by atoms with E-state index in [1.54, 1.807) is 11.1 Å². The lowest BCUT2D eigenvalue weighted by Gasteiger charge is -2.25. The smallest absolute Gasteiger partial charge is 0.270 e. The SMILES string of the molecule is Cn1ccnc1CN(C(=O)C1CC1c1ccccc1)c1ccc2c(c1)C(NS(=O)(=O)c1ccc(C(C)(F)F)cc1)CC2. The third kappa shape index (κ3) is 5.61. The summed E-state index contributed by atoms with van der Waals surface area (Å²) in [6, 6.07) is 20.0. The molecule has 3 unspecified atom stereocenters. The fraction of sp³-hybridized carbons (Fsp3) is 0.312. The lowest BCUT2D eigenvalue weighted by atomic mass is 10.1. The number of hydrogen-bond donors (Lipinski definition) is 1. The summed E-state index contributed by atoms with van der Waals surface area (Å²) in [6.07, 6.45) is 5.54. The normalized spacial score (nSPS) is 19.9. The first-order valence-corrected chi connectivity index (χ1v) is 15.5. The van der Waals surface area contributed by atoms with Gasteiger partial charge in [-0.3, -0.25) is 4.79 Å². The number of aromatic nitrogens is 2. The van der Waals surface area contributed by atoms with Gasteiger partial charge in [0.2, 0.25) is 15.9 Å². The number of alkyl halides is 2. The van der Waals surface area contributed by atoms with Gasteiger partial charge in [-0.25, -0.2) is 26.9 Å². The summed E-state index contributed by atoms with van der Waals surface area (Å²) in [4.78, 5) is 20.1. The number of anilines is 1. The van der Waals surface area contributed by atoms with Crippen molar-refractivity contribution in [1.82, 2.24) is 14.3 Å². The number of amides is 1. The van der Waals surface area contributed by atoms with Crippen LogP contribution in [0.2, 0.25) is 0 Å². The molecular formula is C32H32F2N4O3S. The molecule has 1 heterocycles. The number of carbonyl (C=O) groups excluding carboxylic acids is 1. The summed E-state index contributed by atoms with van der Waals surface area (Å²) in [6.45, 7) is 1.05. The zero-order valence-electron chi connectivity index (χ0n) is 23.4. The number of imidazole rings is 1. The Morgan fingerprint density at radius 1 is 1.10 bits per heavy atom. The second kappa shape index (κ2) is 10.7. The Kier molecular flexibility index (Phi) is 7.22. The number of rotatable bonds is 9. The molecular weight excluding hydrogens is 558 g/mol. The Labute approximate surface area is 244 Å². The molecule has 0 spiro atoms. The fourth-order valence-electron chi connectivity index (χ4n) is 5.79. The van der Waals surface area contributed by atoms with Crippen molar-refractivity contribution < 1.29 is 22.0 Å². The summed E-state index contributed by atoms with van der Waals surface area (Å²) >= 11 is 0. The second-order valence-corrected chi connectivity index (χ2v) is 13.0. The van der Waals surface area contributed by atoms with Crippen LogP contribution in [0.5, 0.6) is 0 Å². The number of nitrogens with zero attached hydrogens (tertiary/aromatic N) is 3. The van der Waals surface area contributed by atoms with Gasteiger partial charge in [0.05, 0.1) is 11.4 Å². The molecule has 6 rings (SSSR count). The summed E-state index contributed by atoms with van der Waals surface area (Å²) in [5.74, 6) is -2.30. The van der Waals surface area contributed by atoms with Crippen LogP contribution in [0.15, 0.2) is 90.1 Å². The Bertz CT molecular complexity index is 1720. The molecule has 10 heteroatoms. The Hall–Kier alpha value is -3.89. The first-order chi connectivity index (χ1) is 20.0. The standard InChI is InChI=1S/C32H32F2N4O3S/c1-32(33,34)23-10-13-25(14-11-23)42(40,41)36-29-15-9-22-8-12-24(18-27(22)29)38(20-30-35-16-17-37(30)2)31(39)28-19-26(28)21-6-4-3-5-7-21/h3-8,10-14,16-18,26,28-29,36H,9,15,19-20H2,1-2H3. The fourth-order valence-corrected chi connectivity index (χ4v) is 7.04. The quantitative estimate of drug-likeness (QED) is 0.266. The molecule has 3 aromatic carbocycles. The van der Waals surface area contributed by atoms with Crippen LogP contribution in [0.4, 0.5) is 14.5 Å². The van der Waals surface area contributed by atoms with E-state index in [1.807, 2.05) is 54.2 Å². The highest BCUT2D eigenvalue weighted by molar-refractivity contribution is 7.89. The number of benzene rings is 3. The van der Waals surface area contributed by atoms with Crippen molar-refractivity contribution in [2.24, 2.45) is 13.0 Å². The van der Waals surface area contributed by atoms with Crippen molar-refractivity contribution >= 4 is 21.6 Å². The predicted octanol–water partition coefficient (Wildman–Crippen LogP) is 5.83. The first-order valence-electron chi connectivity index (χ1n) is 14.0. The molecule has 0 aliphatic heterocycles. The third-order valence-corrected chi connectivity index (χ3v) is 9.80. The van der Waals surface area contributed by atoms with Gasteiger partial charge in [0.15, 0.2) is 0 Å². The number of sulfonamides is 1. The van der Waals surface area contributed by atoms with E-state index in [4.69, 9.17) is 0 Å². The number of fused-ring (bicyclic) bond motifs is 1. The Balaban J connectivity index is 1.27. The maximum atomic E-state index is 13.9. The number of halogens is 2. The molecule has 218 valence electrons. The summed E-state index contributed by atoms with van der Waals surface area (Å²) < 4.78 is 58.4. The molecule has 1 N–H and O–H groups in total. The average molecular weight is 591 g/mol. The lowest BCUT2D eigenvalue weighted by molar-refractivity contribution is -0.120. The molecule has 2 aliphatic carbocycles. The zero-order chi connectivity index (χ0) is 29.6. The first kappa shape index (κ1) is 28.2. The summed E-state index contributed by atoms with van der Waals surface area (Å²) in [7, 11) is -2.09. The topological polar surface area (TPSA) is 84.3 Å². The highest BCUT2D eigenvalue weighted by atomic mass is 32.2. The van der Waals surface area contributed by atoms with Crippen molar-refractivity contribution in [3.8, 4) is 0 Å². The molecule has 0 bridgehead atoms. The van der Waals surface area contributed by atoms with Gasteiger partial charge in [0, 0.05) is 49.6 Å². The van der Waals surface area contributed by atoms with Crippen LogP contribution in [-0.4, -0.2) is 23.9 Å². The lowest BCUT2D eigenvalue weighted by Crippen LogP contribution is -2.33. The van der Waals surface area contributed by atoms with Gasteiger partial charge in [0.1, 0.15) is 5.82 Å². The van der Waals surface area contributed by atoms with Crippen LogP contribution in [0.1, 0.15) is 59.8 Å². The molecule has 1 saturated carbocycles. The highest BCUT2D eigenvalue weighted by Gasteiger charge is 2.46. The van der Waals surface area contributed by atoms with Crippen LogP contribution >= 0.6 is 0 Å². The van der Waals surface area contributed by atoms with E-state index in [-0.39, 0.29) is 34.7 Å². The van der Waals surface area contributed by atoms with Crippen LogP contribution in [0, 0.1) is 5.92 Å². The Morgan fingerprint density at radius 3 is 2.50 bits per heavy atom. The Morgan fingerprint density at radius 2 is 1.83 bits per heavy atom. The number of hydrogen-bond acceptors (Lipinski definition) is 4. The molecule has 1 fully saturated rings. The van der Waals surface area contributed by atoms with E-state index >= 15 is 0 Å². The van der Waals surface area contributed by atoms with Gasteiger partial charge in [-0.05, 0) is 66.1 Å². The highest BCUT2D eigenvalue weighted by Crippen LogP contribution is 2.49. The van der Waals surface area contributed by atoms with Crippen LogP contribution in [0.25, 0.3) is 0 Å². The third-order valence-electron chi connectivity index (χ3n) is 8.31. The molecule has 4 aromatic rings. The molecule has 7 nitrogen and oxygen atoms in total. The van der Waals surface area contributed by atoms with Crippen molar-refractivity contribution in [1.29, 1.82) is 0 Å². The van der Waals surface area contributed by atoms with E-state index in [0.29, 0.717) is 18.5 Å². The molecule has 1 amide bonds. The van der Waals surface area contributed by atoms with E-state index in [0.717, 1.165) is 48.0 Å². The number of carbonyl (C=O) groups is 1. The van der Waals surface area contributed by atoms with Crippen LogP contribution in [-0.2, 0) is 40.8 Å². The van der Waals surface area contributed by atoms with Gasteiger partial charge >= 0.3 is 0 Å². The molecule has 0 radical (unpaired) electrons. The molecule has 3 atom stereocenters. The monoisotopic (exact) mass is 590 g/mol. The van der Waals surface area contributed by atoms with Gasteiger partial charge in [-0.1, -0.05) is 48.5 Å². The van der Waals surface area contributed by atoms with Gasteiger partial charge in [-0.15, -0.1) is 0 Å². The van der Waals surface area contributed by atoms with E-state index in [1.165, 1.54) is 12.1 Å². The molecule has 0 saturated heterocycles. The van der Waals surface area contributed by atoms with Crippen molar-refractivity contribution in [2.45, 2.75) is 55.5 Å². The van der Waals surface area contributed by atoms with Gasteiger partial charge in [0.25, 0.3) is 5.92 Å². The number of nitrogens with one attached hydrogen (secondary N) is 1. The maximum Gasteiger partial charge on any atom is 0.270 e. The van der Waals surface area contributed by atoms with Crippen LogP contribution in [0.3, 0.4) is 0 Å². The minimum absolute atomic E-state index is 0.00902. The van der Waals surface area contributed by atoms with Gasteiger partial charge in [-0.2, -0.15) is 0 Å². The van der Waals surface area contributed by atoms with E-state index in [9.17, 15) is 22.0 Å².